The molecule has 2 amide bonds. The molecule has 2 aromatic carbocycles. The van der Waals surface area contributed by atoms with Gasteiger partial charge in [-0.15, -0.1) is 0 Å². The number of para-hydroxylation sites is 1. The largest absolute Gasteiger partial charge is 0.396 e. The minimum Gasteiger partial charge on any atom is -0.396 e. The van der Waals surface area contributed by atoms with Gasteiger partial charge in [-0.2, -0.15) is 0 Å². The molecule has 118 valence electrons. The van der Waals surface area contributed by atoms with Gasteiger partial charge in [0.15, 0.2) is 5.78 Å². The monoisotopic (exact) mass is 309 g/mol. The Morgan fingerprint density at radius 1 is 1.09 bits per heavy atom. The number of nitrogens with two attached hydrogens (primary N) is 1. The fourth-order valence-corrected chi connectivity index (χ4v) is 2.84. The molecule has 3 rings (SSSR count). The van der Waals surface area contributed by atoms with Crippen molar-refractivity contribution in [1.82, 2.24) is 4.90 Å². The number of nitrogen functional groups attached to an aromatic ring is 1. The molecule has 0 saturated heterocycles. The van der Waals surface area contributed by atoms with Crippen molar-refractivity contribution in [3.8, 4) is 0 Å². The van der Waals surface area contributed by atoms with Crippen LogP contribution in [0.4, 0.5) is 16.2 Å². The molecule has 0 unspecified atom stereocenters. The number of carbonyl (C=O) groups is 2. The van der Waals surface area contributed by atoms with E-state index in [-0.39, 0.29) is 11.8 Å². The minimum atomic E-state index is -0.202. The zero-order chi connectivity index (χ0) is 16.4. The molecule has 0 radical (unpaired) electrons. The second kappa shape index (κ2) is 6.12. The fourth-order valence-electron chi connectivity index (χ4n) is 2.84. The normalized spacial score (nSPS) is 13.3. The van der Waals surface area contributed by atoms with Crippen LogP contribution in [0.1, 0.15) is 28.4 Å². The highest BCUT2D eigenvalue weighted by molar-refractivity contribution is 6.04. The highest BCUT2D eigenvalue weighted by atomic mass is 16.2. The summed E-state index contributed by atoms with van der Waals surface area (Å²) in [7, 11) is 0. The average Bonchev–Trinajstić information content (AvgIpc) is 2.56. The molecule has 5 nitrogen and oxygen atoms in total. The van der Waals surface area contributed by atoms with Gasteiger partial charge in [0.05, 0.1) is 11.4 Å². The molecule has 0 saturated carbocycles. The number of nitrogens with one attached hydrogen (secondary N) is 1. The molecule has 0 bridgehead atoms. The van der Waals surface area contributed by atoms with Crippen LogP contribution in [0.5, 0.6) is 0 Å². The van der Waals surface area contributed by atoms with Crippen molar-refractivity contribution in [2.45, 2.75) is 19.9 Å². The van der Waals surface area contributed by atoms with Gasteiger partial charge in [-0.1, -0.05) is 30.3 Å². The highest BCUT2D eigenvalue weighted by Gasteiger charge is 2.21. The number of carbonyl (C=O) groups excluding carboxylic acids is 2. The van der Waals surface area contributed by atoms with Gasteiger partial charge in [0.25, 0.3) is 0 Å². The quantitative estimate of drug-likeness (QED) is 0.661. The Morgan fingerprint density at radius 3 is 2.57 bits per heavy atom. The van der Waals surface area contributed by atoms with Crippen LogP contribution in [0.25, 0.3) is 0 Å². The Labute approximate surface area is 135 Å². The molecule has 1 aliphatic heterocycles. The van der Waals surface area contributed by atoms with Gasteiger partial charge in [-0.05, 0) is 36.6 Å². The molecular weight excluding hydrogens is 290 g/mol. The lowest BCUT2D eigenvalue weighted by Gasteiger charge is -2.29. The summed E-state index contributed by atoms with van der Waals surface area (Å²) in [5, 5.41) is 2.82. The number of nitrogens with zero attached hydrogens (tertiary/aromatic N) is 1. The van der Waals surface area contributed by atoms with Gasteiger partial charge in [-0.25, -0.2) is 4.79 Å². The number of rotatable bonds is 2. The summed E-state index contributed by atoms with van der Waals surface area (Å²) in [4.78, 5) is 25.8. The number of hydrogen-bond donors (Lipinski definition) is 2. The van der Waals surface area contributed by atoms with E-state index in [0.717, 1.165) is 6.42 Å². The molecule has 0 atom stereocenters. The van der Waals surface area contributed by atoms with E-state index >= 15 is 0 Å². The summed E-state index contributed by atoms with van der Waals surface area (Å²) < 4.78 is 0. The van der Waals surface area contributed by atoms with Gasteiger partial charge in [0.1, 0.15) is 0 Å². The van der Waals surface area contributed by atoms with Crippen LogP contribution in [-0.4, -0.2) is 23.3 Å². The predicted molar refractivity (Wildman–Crippen MR) is 90.4 cm³/mol. The van der Waals surface area contributed by atoms with Crippen LogP contribution in [0.2, 0.25) is 0 Å². The third kappa shape index (κ3) is 3.04. The van der Waals surface area contributed by atoms with Crippen LogP contribution >= 0.6 is 0 Å². The first-order chi connectivity index (χ1) is 11.1. The van der Waals surface area contributed by atoms with Crippen molar-refractivity contribution in [3.63, 3.8) is 0 Å². The molecule has 0 fully saturated rings. The van der Waals surface area contributed by atoms with Crippen LogP contribution in [0.3, 0.4) is 0 Å². The van der Waals surface area contributed by atoms with E-state index in [1.807, 2.05) is 18.2 Å². The number of anilines is 2. The second-order valence-electron chi connectivity index (χ2n) is 5.69. The van der Waals surface area contributed by atoms with Crippen LogP contribution < -0.4 is 11.1 Å². The van der Waals surface area contributed by atoms with Crippen LogP contribution in [-0.2, 0) is 13.0 Å². The summed E-state index contributed by atoms with van der Waals surface area (Å²) in [6.07, 6.45) is 0.840. The van der Waals surface area contributed by atoms with Crippen molar-refractivity contribution in [1.29, 1.82) is 0 Å². The Hall–Kier alpha value is -2.82. The molecule has 2 aromatic rings. The van der Waals surface area contributed by atoms with E-state index < -0.39 is 0 Å². The van der Waals surface area contributed by atoms with Crippen LogP contribution in [0, 0.1) is 0 Å². The summed E-state index contributed by atoms with van der Waals surface area (Å²) in [6.45, 7) is 2.70. The minimum absolute atomic E-state index is 0.120. The van der Waals surface area contributed by atoms with E-state index in [2.05, 4.69) is 11.4 Å². The van der Waals surface area contributed by atoms with E-state index in [1.165, 1.54) is 18.1 Å². The third-order valence-electron chi connectivity index (χ3n) is 4.14. The summed E-state index contributed by atoms with van der Waals surface area (Å²) in [5.74, 6) is -0.120. The SMILES string of the molecule is CC(=O)c1cccc(NC(=O)N2CCc3ccccc3C2)c1N. The molecule has 0 spiro atoms. The van der Waals surface area contributed by atoms with Gasteiger partial charge in [0.2, 0.25) is 0 Å². The highest BCUT2D eigenvalue weighted by Crippen LogP contribution is 2.25. The summed E-state index contributed by atoms with van der Waals surface area (Å²) >= 11 is 0. The summed E-state index contributed by atoms with van der Waals surface area (Å²) in [5.41, 5.74) is 9.64. The number of ketones is 1. The lowest BCUT2D eigenvalue weighted by atomic mass is 10.0. The smallest absolute Gasteiger partial charge is 0.322 e. The molecule has 5 heteroatoms. The standard InChI is InChI=1S/C18H19N3O2/c1-12(22)15-7-4-8-16(17(15)19)20-18(23)21-10-9-13-5-2-3-6-14(13)11-21/h2-8H,9-11,19H2,1H3,(H,20,23). The number of fused-ring (bicyclic) bond motifs is 1. The molecule has 0 aromatic heterocycles. The van der Waals surface area contributed by atoms with Crippen molar-refractivity contribution in [2.75, 3.05) is 17.6 Å². The van der Waals surface area contributed by atoms with E-state index in [0.29, 0.717) is 30.0 Å². The third-order valence-corrected chi connectivity index (χ3v) is 4.14. The summed E-state index contributed by atoms with van der Waals surface area (Å²) in [6, 6.07) is 13.0. The number of Topliss-reactive ketones (excluding diaryl/α,β-unsaturated/α-hetero) is 1. The van der Waals surface area contributed by atoms with Gasteiger partial charge in [0, 0.05) is 18.7 Å². The van der Waals surface area contributed by atoms with Gasteiger partial charge in [-0.3, -0.25) is 4.79 Å². The number of hydrogen-bond acceptors (Lipinski definition) is 3. The molecule has 23 heavy (non-hydrogen) atoms. The molecular formula is C18H19N3O2. The van der Waals surface area contributed by atoms with Crippen molar-refractivity contribution >= 4 is 23.2 Å². The molecule has 1 aliphatic rings. The Bertz CT molecular complexity index is 771. The first kappa shape index (κ1) is 15.1. The topological polar surface area (TPSA) is 75.4 Å². The molecule has 0 aliphatic carbocycles. The fraction of sp³-hybridized carbons (Fsp3) is 0.222. The first-order valence-electron chi connectivity index (χ1n) is 7.58. The maximum absolute atomic E-state index is 12.5. The second-order valence-corrected chi connectivity index (χ2v) is 5.69. The lowest BCUT2D eigenvalue weighted by molar-refractivity contribution is 0.101. The molecule has 3 N–H and O–H groups in total. The van der Waals surface area contributed by atoms with E-state index in [4.69, 9.17) is 5.73 Å². The van der Waals surface area contributed by atoms with E-state index in [9.17, 15) is 9.59 Å². The van der Waals surface area contributed by atoms with E-state index in [1.54, 1.807) is 23.1 Å². The van der Waals surface area contributed by atoms with Crippen LogP contribution in [0.15, 0.2) is 42.5 Å². The maximum Gasteiger partial charge on any atom is 0.322 e. The number of amides is 2. The Kier molecular flexibility index (Phi) is 4.02. The first-order valence-corrected chi connectivity index (χ1v) is 7.58. The lowest BCUT2D eigenvalue weighted by Crippen LogP contribution is -2.39. The number of benzene rings is 2. The Morgan fingerprint density at radius 2 is 1.83 bits per heavy atom. The Balaban J connectivity index is 1.76. The van der Waals surface area contributed by atoms with Gasteiger partial charge >= 0.3 is 6.03 Å². The van der Waals surface area contributed by atoms with Crippen molar-refractivity contribution < 1.29 is 9.59 Å². The number of urea groups is 1. The molecule has 1 heterocycles. The predicted octanol–water partition coefficient (Wildman–Crippen LogP) is 3.06. The van der Waals surface area contributed by atoms with Gasteiger partial charge < -0.3 is 16.0 Å². The zero-order valence-electron chi connectivity index (χ0n) is 13.0. The van der Waals surface area contributed by atoms with Crippen molar-refractivity contribution in [3.05, 3.63) is 59.2 Å². The maximum atomic E-state index is 12.5. The average molecular weight is 309 g/mol. The van der Waals surface area contributed by atoms with Crippen molar-refractivity contribution in [2.24, 2.45) is 0 Å². The zero-order valence-corrected chi connectivity index (χ0v) is 13.0.